The van der Waals surface area contributed by atoms with Crippen LogP contribution in [-0.4, -0.2) is 41.1 Å². The van der Waals surface area contributed by atoms with E-state index in [2.05, 4.69) is 0 Å². The second-order valence-electron chi connectivity index (χ2n) is 4.14. The highest BCUT2D eigenvalue weighted by atomic mass is 32.2. The third-order valence-electron chi connectivity index (χ3n) is 1.37. The van der Waals surface area contributed by atoms with Gasteiger partial charge in [-0.1, -0.05) is 18.7 Å². The van der Waals surface area contributed by atoms with E-state index in [9.17, 15) is 9.59 Å². The molecule has 0 fully saturated rings. The second kappa shape index (κ2) is 6.00. The number of likely N-dealkylation sites (N-methyl/N-ethyl adjacent to an activating group) is 1. The third kappa shape index (κ3) is 7.25. The minimum Gasteiger partial charge on any atom is -0.459 e. The molecule has 0 unspecified atom stereocenters. The molecule has 88 valence electrons. The molecular formula is C10H19NO3S. The lowest BCUT2D eigenvalue weighted by molar-refractivity contribution is -0.155. The molecule has 0 aliphatic heterocycles. The molecule has 0 spiro atoms. The maximum absolute atomic E-state index is 11.4. The van der Waals surface area contributed by atoms with E-state index in [1.807, 2.05) is 6.92 Å². The van der Waals surface area contributed by atoms with Crippen molar-refractivity contribution in [2.45, 2.75) is 33.3 Å². The molecule has 0 aliphatic carbocycles. The van der Waals surface area contributed by atoms with Crippen LogP contribution in [0, 0.1) is 0 Å². The summed E-state index contributed by atoms with van der Waals surface area (Å²) >= 11 is 1.18. The number of hydrogen-bond acceptors (Lipinski definition) is 4. The van der Waals surface area contributed by atoms with Gasteiger partial charge in [-0.3, -0.25) is 9.59 Å². The molecule has 1 amide bonds. The lowest BCUT2D eigenvalue weighted by Gasteiger charge is -2.22. The average Bonchev–Trinajstić information content (AvgIpc) is 2.00. The van der Waals surface area contributed by atoms with Crippen LogP contribution in [0.25, 0.3) is 0 Å². The number of rotatable bonds is 3. The van der Waals surface area contributed by atoms with Gasteiger partial charge in [-0.15, -0.1) is 0 Å². The first-order valence-electron chi connectivity index (χ1n) is 4.86. The van der Waals surface area contributed by atoms with Crippen LogP contribution in [0.3, 0.4) is 0 Å². The Bertz CT molecular complexity index is 235. The summed E-state index contributed by atoms with van der Waals surface area (Å²) in [4.78, 5) is 24.0. The molecule has 15 heavy (non-hydrogen) atoms. The molecule has 5 heteroatoms. The average molecular weight is 233 g/mol. The summed E-state index contributed by atoms with van der Waals surface area (Å²) in [6, 6.07) is 0. The lowest BCUT2D eigenvalue weighted by atomic mass is 10.2. The van der Waals surface area contributed by atoms with Crippen LogP contribution in [-0.2, 0) is 9.53 Å². The molecule has 0 radical (unpaired) electrons. The molecule has 0 bridgehead atoms. The van der Waals surface area contributed by atoms with Gasteiger partial charge in [-0.2, -0.15) is 0 Å². The van der Waals surface area contributed by atoms with Crippen LogP contribution < -0.4 is 0 Å². The van der Waals surface area contributed by atoms with Gasteiger partial charge in [0, 0.05) is 7.05 Å². The summed E-state index contributed by atoms with van der Waals surface area (Å²) in [7, 11) is 1.59. The van der Waals surface area contributed by atoms with Crippen molar-refractivity contribution in [2.24, 2.45) is 0 Å². The molecule has 0 aromatic rings. The van der Waals surface area contributed by atoms with Crippen LogP contribution in [0.2, 0.25) is 0 Å². The second-order valence-corrected chi connectivity index (χ2v) is 5.36. The number of amides is 1. The van der Waals surface area contributed by atoms with Crippen molar-refractivity contribution in [2.75, 3.05) is 19.3 Å². The fraction of sp³-hybridized carbons (Fsp3) is 0.800. The van der Waals surface area contributed by atoms with E-state index in [0.29, 0.717) is 5.75 Å². The van der Waals surface area contributed by atoms with Gasteiger partial charge in [-0.25, -0.2) is 0 Å². The molecule has 0 aromatic heterocycles. The Balaban J connectivity index is 4.02. The number of carbonyl (C=O) groups excluding carboxylic acids is 2. The van der Waals surface area contributed by atoms with E-state index in [-0.39, 0.29) is 17.8 Å². The first-order chi connectivity index (χ1) is 6.76. The van der Waals surface area contributed by atoms with E-state index in [4.69, 9.17) is 4.74 Å². The van der Waals surface area contributed by atoms with Crippen molar-refractivity contribution in [3.05, 3.63) is 0 Å². The molecule has 4 nitrogen and oxygen atoms in total. The van der Waals surface area contributed by atoms with Gasteiger partial charge in [0.2, 0.25) is 0 Å². The van der Waals surface area contributed by atoms with Crippen molar-refractivity contribution in [1.82, 2.24) is 4.90 Å². The van der Waals surface area contributed by atoms with Gasteiger partial charge in [-0.05, 0) is 26.5 Å². The third-order valence-corrected chi connectivity index (χ3v) is 2.21. The van der Waals surface area contributed by atoms with Gasteiger partial charge in [0.1, 0.15) is 12.1 Å². The Hall–Kier alpha value is -0.710. The summed E-state index contributed by atoms with van der Waals surface area (Å²) in [6.45, 7) is 7.29. The molecule has 0 aromatic carbocycles. The molecular weight excluding hydrogens is 214 g/mol. The predicted octanol–water partition coefficient (Wildman–Crippen LogP) is 2.13. The first-order valence-corrected chi connectivity index (χ1v) is 5.84. The van der Waals surface area contributed by atoms with Gasteiger partial charge in [0.25, 0.3) is 5.24 Å². The van der Waals surface area contributed by atoms with Gasteiger partial charge in [0.05, 0.1) is 0 Å². The van der Waals surface area contributed by atoms with Crippen molar-refractivity contribution in [1.29, 1.82) is 0 Å². The summed E-state index contributed by atoms with van der Waals surface area (Å²) in [5.41, 5.74) is -0.501. The number of esters is 1. The monoisotopic (exact) mass is 233 g/mol. The minimum atomic E-state index is -0.501. The maximum atomic E-state index is 11.4. The van der Waals surface area contributed by atoms with E-state index >= 15 is 0 Å². The predicted molar refractivity (Wildman–Crippen MR) is 62.0 cm³/mol. The maximum Gasteiger partial charge on any atom is 0.326 e. The Morgan fingerprint density at radius 2 is 1.87 bits per heavy atom. The van der Waals surface area contributed by atoms with E-state index < -0.39 is 5.60 Å². The number of hydrogen-bond donors (Lipinski definition) is 0. The topological polar surface area (TPSA) is 46.6 Å². The largest absolute Gasteiger partial charge is 0.459 e. The van der Waals surface area contributed by atoms with Crippen LogP contribution >= 0.6 is 11.8 Å². The Kier molecular flexibility index (Phi) is 5.72. The fourth-order valence-electron chi connectivity index (χ4n) is 0.866. The fourth-order valence-corrected chi connectivity index (χ4v) is 1.40. The van der Waals surface area contributed by atoms with Crippen molar-refractivity contribution >= 4 is 23.0 Å². The minimum absolute atomic E-state index is 0.00308. The zero-order valence-corrected chi connectivity index (χ0v) is 10.8. The number of ether oxygens (including phenoxy) is 1. The SMILES string of the molecule is CCSC(=O)N(C)CC(=O)OC(C)(C)C. The van der Waals surface area contributed by atoms with Crippen LogP contribution in [0.5, 0.6) is 0 Å². The van der Waals surface area contributed by atoms with Crippen molar-refractivity contribution in [3.63, 3.8) is 0 Å². The number of thioether (sulfide) groups is 1. The Morgan fingerprint density at radius 1 is 1.33 bits per heavy atom. The standard InChI is InChI=1S/C10H19NO3S/c1-6-15-9(13)11(5)7-8(12)14-10(2,3)4/h6-7H2,1-5H3. The van der Waals surface area contributed by atoms with Crippen LogP contribution in [0.4, 0.5) is 4.79 Å². The highest BCUT2D eigenvalue weighted by Gasteiger charge is 2.19. The lowest BCUT2D eigenvalue weighted by Crippen LogP contribution is -2.34. The smallest absolute Gasteiger partial charge is 0.326 e. The van der Waals surface area contributed by atoms with Gasteiger partial charge >= 0.3 is 5.97 Å². The number of carbonyl (C=O) groups is 2. The Labute approximate surface area is 95.3 Å². The normalized spacial score (nSPS) is 11.0. The molecule has 0 atom stereocenters. The molecule has 0 saturated heterocycles. The summed E-state index contributed by atoms with van der Waals surface area (Å²) < 4.78 is 5.09. The molecule has 0 aliphatic rings. The summed E-state index contributed by atoms with van der Waals surface area (Å²) in [5, 5.41) is -0.108. The quantitative estimate of drug-likeness (QED) is 0.701. The van der Waals surface area contributed by atoms with E-state index in [1.54, 1.807) is 27.8 Å². The van der Waals surface area contributed by atoms with Crippen LogP contribution in [0.1, 0.15) is 27.7 Å². The van der Waals surface area contributed by atoms with E-state index in [0.717, 1.165) is 0 Å². The zero-order chi connectivity index (χ0) is 12.1. The highest BCUT2D eigenvalue weighted by molar-refractivity contribution is 8.13. The summed E-state index contributed by atoms with van der Waals surface area (Å²) in [5.74, 6) is 0.326. The van der Waals surface area contributed by atoms with E-state index in [1.165, 1.54) is 16.7 Å². The highest BCUT2D eigenvalue weighted by Crippen LogP contribution is 2.09. The molecule has 0 rings (SSSR count). The Morgan fingerprint density at radius 3 is 2.27 bits per heavy atom. The van der Waals surface area contributed by atoms with Crippen LogP contribution in [0.15, 0.2) is 0 Å². The number of nitrogens with zero attached hydrogens (tertiary/aromatic N) is 1. The van der Waals surface area contributed by atoms with Crippen molar-refractivity contribution < 1.29 is 14.3 Å². The molecule has 0 heterocycles. The van der Waals surface area contributed by atoms with Crippen molar-refractivity contribution in [3.8, 4) is 0 Å². The zero-order valence-electron chi connectivity index (χ0n) is 9.99. The van der Waals surface area contributed by atoms with Gasteiger partial charge < -0.3 is 9.64 Å². The molecule has 0 N–H and O–H groups in total. The first kappa shape index (κ1) is 14.3. The van der Waals surface area contributed by atoms with Gasteiger partial charge in [0.15, 0.2) is 0 Å². The summed E-state index contributed by atoms with van der Waals surface area (Å²) in [6.07, 6.45) is 0. The molecule has 0 saturated carbocycles.